The molecule has 2 aromatic rings. The Morgan fingerprint density at radius 1 is 1.05 bits per heavy atom. The van der Waals surface area contributed by atoms with E-state index in [0.29, 0.717) is 41.4 Å². The highest BCUT2D eigenvalue weighted by Crippen LogP contribution is 2.30. The van der Waals surface area contributed by atoms with Gasteiger partial charge in [-0.25, -0.2) is 4.39 Å². The molecule has 2 fully saturated rings. The van der Waals surface area contributed by atoms with Crippen LogP contribution in [0.3, 0.4) is 0 Å². The van der Waals surface area contributed by atoms with Gasteiger partial charge in [0, 0.05) is 63.2 Å². The predicted molar refractivity (Wildman–Crippen MR) is 171 cm³/mol. The molecule has 0 bridgehead atoms. The van der Waals surface area contributed by atoms with Crippen LogP contribution in [-0.2, 0) is 33.7 Å². The molecule has 1 aliphatic carbocycles. The van der Waals surface area contributed by atoms with Crippen molar-refractivity contribution < 1.29 is 23.5 Å². The number of ether oxygens (including phenoxy) is 1. The summed E-state index contributed by atoms with van der Waals surface area (Å²) in [5.41, 5.74) is 4.32. The van der Waals surface area contributed by atoms with E-state index in [1.54, 1.807) is 7.05 Å². The van der Waals surface area contributed by atoms with Crippen LogP contribution in [0.5, 0.6) is 0 Å². The van der Waals surface area contributed by atoms with Gasteiger partial charge in [-0.1, -0.05) is 12.1 Å². The van der Waals surface area contributed by atoms with Crippen molar-refractivity contribution in [2.45, 2.75) is 51.1 Å². The fourth-order valence-electron chi connectivity index (χ4n) is 6.59. The van der Waals surface area contributed by atoms with Crippen LogP contribution in [0.25, 0.3) is 6.08 Å². The van der Waals surface area contributed by atoms with Crippen LogP contribution in [0.15, 0.2) is 35.9 Å². The number of carbonyl (C=O) groups is 3. The number of ketones is 3. The smallest absolute Gasteiger partial charge is 0.170 e. The summed E-state index contributed by atoms with van der Waals surface area (Å²) < 4.78 is 19.7. The average Bonchev–Trinajstić information content (AvgIpc) is 3.02. The van der Waals surface area contributed by atoms with Gasteiger partial charge < -0.3 is 15.0 Å². The van der Waals surface area contributed by atoms with Crippen molar-refractivity contribution in [3.05, 3.63) is 69.5 Å². The van der Waals surface area contributed by atoms with Crippen molar-refractivity contribution in [2.24, 2.45) is 0 Å². The molecular formula is C35H45FN4O4. The Hall–Kier alpha value is -3.24. The zero-order chi connectivity index (χ0) is 31.2. The number of Topliss-reactive ketones (excluding diaryl/α,β-unsaturated/α-hetero) is 3. The summed E-state index contributed by atoms with van der Waals surface area (Å²) >= 11 is 0. The van der Waals surface area contributed by atoms with Crippen molar-refractivity contribution in [1.82, 2.24) is 14.7 Å². The normalized spacial score (nSPS) is 18.3. The van der Waals surface area contributed by atoms with Crippen molar-refractivity contribution in [2.75, 3.05) is 72.4 Å². The molecule has 9 heteroatoms. The third-order valence-electron chi connectivity index (χ3n) is 9.35. The van der Waals surface area contributed by atoms with Gasteiger partial charge in [0.25, 0.3) is 0 Å². The minimum atomic E-state index is -0.421. The average molecular weight is 605 g/mol. The second-order valence-corrected chi connectivity index (χ2v) is 12.4. The summed E-state index contributed by atoms with van der Waals surface area (Å²) in [4.78, 5) is 47.0. The van der Waals surface area contributed by atoms with Gasteiger partial charge in [-0.3, -0.25) is 24.2 Å². The van der Waals surface area contributed by atoms with Gasteiger partial charge in [-0.05, 0) is 99.5 Å². The lowest BCUT2D eigenvalue weighted by molar-refractivity contribution is -0.120. The number of likely N-dealkylation sites (tertiary alicyclic amines) is 1. The zero-order valence-electron chi connectivity index (χ0n) is 26.3. The van der Waals surface area contributed by atoms with E-state index in [2.05, 4.69) is 34.1 Å². The topological polar surface area (TPSA) is 82.2 Å². The van der Waals surface area contributed by atoms with Crippen molar-refractivity contribution >= 4 is 29.1 Å². The van der Waals surface area contributed by atoms with E-state index in [4.69, 9.17) is 4.74 Å². The fourth-order valence-corrected chi connectivity index (χ4v) is 6.59. The van der Waals surface area contributed by atoms with Crippen LogP contribution in [0, 0.1) is 5.82 Å². The second kappa shape index (κ2) is 14.7. The number of nitrogens with one attached hydrogen (secondary N) is 1. The second-order valence-electron chi connectivity index (χ2n) is 12.4. The van der Waals surface area contributed by atoms with Gasteiger partial charge in [0.2, 0.25) is 0 Å². The van der Waals surface area contributed by atoms with Crippen molar-refractivity contribution in [3.63, 3.8) is 0 Å². The van der Waals surface area contributed by atoms with Gasteiger partial charge in [-0.15, -0.1) is 0 Å². The van der Waals surface area contributed by atoms with Crippen LogP contribution in [0.2, 0.25) is 0 Å². The predicted octanol–water partition coefficient (Wildman–Crippen LogP) is 4.01. The molecule has 5 rings (SSSR count). The highest BCUT2D eigenvalue weighted by molar-refractivity contribution is 6.25. The summed E-state index contributed by atoms with van der Waals surface area (Å²) in [5, 5.41) is 2.95. The number of piperidine rings is 1. The van der Waals surface area contributed by atoms with E-state index in [1.807, 2.05) is 18.2 Å². The molecule has 0 radical (unpaired) electrons. The Balaban J connectivity index is 1.35. The molecule has 1 N–H and O–H groups in total. The molecule has 8 nitrogen and oxygen atoms in total. The summed E-state index contributed by atoms with van der Waals surface area (Å²) in [6.07, 6.45) is 5.00. The molecule has 2 aliphatic heterocycles. The van der Waals surface area contributed by atoms with Crippen LogP contribution < -0.4 is 5.32 Å². The molecule has 0 spiro atoms. The van der Waals surface area contributed by atoms with E-state index >= 15 is 0 Å². The largest absolute Gasteiger partial charge is 0.388 e. The first kappa shape index (κ1) is 32.2. The molecular weight excluding hydrogens is 559 g/mol. The monoisotopic (exact) mass is 604 g/mol. The number of allylic oxidation sites excluding steroid dienone is 1. The highest BCUT2D eigenvalue weighted by atomic mass is 19.1. The van der Waals surface area contributed by atoms with E-state index < -0.39 is 5.82 Å². The molecule has 2 saturated heterocycles. The summed E-state index contributed by atoms with van der Waals surface area (Å²) in [6.45, 7) is 6.85. The van der Waals surface area contributed by atoms with Gasteiger partial charge in [0.15, 0.2) is 17.3 Å². The van der Waals surface area contributed by atoms with Crippen LogP contribution >= 0.6 is 0 Å². The number of carbonyl (C=O) groups excluding carboxylic acids is 3. The molecule has 0 amide bonds. The van der Waals surface area contributed by atoms with Gasteiger partial charge in [-0.2, -0.15) is 0 Å². The molecule has 0 aromatic heterocycles. The number of hydrogen-bond acceptors (Lipinski definition) is 8. The molecule has 236 valence electrons. The Morgan fingerprint density at radius 2 is 1.80 bits per heavy atom. The number of anilines is 1. The molecule has 0 atom stereocenters. The number of nitrogens with zero attached hydrogens (tertiary/aromatic N) is 3. The lowest BCUT2D eigenvalue weighted by atomic mass is 9.86. The number of morpholine rings is 1. The van der Waals surface area contributed by atoms with E-state index in [9.17, 15) is 18.8 Å². The van der Waals surface area contributed by atoms with E-state index in [0.717, 1.165) is 76.3 Å². The number of rotatable bonds is 12. The Bertz CT molecular complexity index is 1410. The van der Waals surface area contributed by atoms with Crippen molar-refractivity contribution in [3.8, 4) is 0 Å². The lowest BCUT2D eigenvalue weighted by Crippen LogP contribution is -2.41. The van der Waals surface area contributed by atoms with Crippen LogP contribution in [0.1, 0.15) is 58.3 Å². The first-order valence-corrected chi connectivity index (χ1v) is 15.8. The molecule has 2 heterocycles. The quantitative estimate of drug-likeness (QED) is 0.288. The number of halogens is 1. The van der Waals surface area contributed by atoms with Crippen LogP contribution in [0.4, 0.5) is 10.1 Å². The van der Waals surface area contributed by atoms with E-state index in [1.165, 1.54) is 18.2 Å². The first-order valence-electron chi connectivity index (χ1n) is 15.8. The van der Waals surface area contributed by atoms with Gasteiger partial charge >= 0.3 is 0 Å². The summed E-state index contributed by atoms with van der Waals surface area (Å²) in [5.74, 6) is -0.871. The molecule has 0 unspecified atom stereocenters. The zero-order valence-corrected chi connectivity index (χ0v) is 26.3. The highest BCUT2D eigenvalue weighted by Gasteiger charge is 2.28. The Kier molecular flexibility index (Phi) is 10.7. The standard InChI is InChI=1S/C35H45FN4O4/c1-37-32-21-28(36)18-26-19-31(35(43)22-30(26)32)34(42)20-24-6-7-25(33(41)5-4-10-40-13-15-44-16-14-40)17-27(24)23-39(3)29-8-11-38(2)12-9-29/h6-7,17-19,21,29,37H,4-5,8-16,20,22-23H2,1-3H3. The Labute approximate surface area is 260 Å². The maximum atomic E-state index is 14.3. The third kappa shape index (κ3) is 7.88. The Morgan fingerprint density at radius 3 is 2.52 bits per heavy atom. The number of fused-ring (bicyclic) bond motifs is 1. The first-order chi connectivity index (χ1) is 21.2. The maximum Gasteiger partial charge on any atom is 0.170 e. The maximum absolute atomic E-state index is 14.3. The minimum Gasteiger partial charge on any atom is -0.388 e. The summed E-state index contributed by atoms with van der Waals surface area (Å²) in [7, 11) is 5.94. The third-order valence-corrected chi connectivity index (χ3v) is 9.35. The van der Waals surface area contributed by atoms with Crippen molar-refractivity contribution in [1.29, 1.82) is 0 Å². The fraction of sp³-hybridized carbons (Fsp3) is 0.514. The van der Waals surface area contributed by atoms with Crippen LogP contribution in [-0.4, -0.2) is 105 Å². The summed E-state index contributed by atoms with van der Waals surface area (Å²) in [6, 6.07) is 8.80. The molecule has 3 aliphatic rings. The molecule has 2 aromatic carbocycles. The SMILES string of the molecule is CNc1cc(F)cc2c1CC(=O)C(C(=O)Cc1ccc(C(=O)CCCN3CCOCC3)cc1CN(C)C1CCN(C)CC1)=C2. The number of hydrogen-bond donors (Lipinski definition) is 1. The molecule has 44 heavy (non-hydrogen) atoms. The van der Waals surface area contributed by atoms with Gasteiger partial charge in [0.05, 0.1) is 18.8 Å². The number of benzene rings is 2. The molecule has 0 saturated carbocycles. The minimum absolute atomic E-state index is 0.0448. The van der Waals surface area contributed by atoms with E-state index in [-0.39, 0.29) is 35.8 Å². The van der Waals surface area contributed by atoms with Gasteiger partial charge in [0.1, 0.15) is 5.82 Å². The lowest BCUT2D eigenvalue weighted by Gasteiger charge is -2.35.